The number of aromatic hydroxyl groups is 1. The van der Waals surface area contributed by atoms with Crippen molar-refractivity contribution in [1.82, 2.24) is 35.0 Å². The lowest BCUT2D eigenvalue weighted by atomic mass is 9.58. The summed E-state index contributed by atoms with van der Waals surface area (Å²) in [6, 6.07) is 10.7. The van der Waals surface area contributed by atoms with Crippen molar-refractivity contribution in [3.63, 3.8) is 0 Å². The Morgan fingerprint density at radius 2 is 1.75 bits per heavy atom. The number of aryl methyl sites for hydroxylation is 1. The lowest BCUT2D eigenvalue weighted by molar-refractivity contribution is -0.129. The number of nitrogens with one attached hydrogen (secondary N) is 1. The number of ether oxygens (including phenoxy) is 3. The highest BCUT2D eigenvalue weighted by Gasteiger charge is 2.47. The summed E-state index contributed by atoms with van der Waals surface area (Å²) < 4.78 is 49.0. The molecule has 12 rings (SSSR count). The van der Waals surface area contributed by atoms with Crippen LogP contribution in [-0.2, 0) is 32.0 Å². The molecule has 2 unspecified atom stereocenters. The molecular formula is C62H70F2N8O8. The van der Waals surface area contributed by atoms with E-state index in [0.717, 1.165) is 108 Å². The minimum atomic E-state index is -0.692. The molecule has 80 heavy (non-hydrogen) atoms. The molecule has 1 saturated carbocycles. The Kier molecular flexibility index (Phi) is 16.6. The zero-order valence-electron chi connectivity index (χ0n) is 46.2. The van der Waals surface area contributed by atoms with Crippen molar-refractivity contribution in [3.05, 3.63) is 82.0 Å². The van der Waals surface area contributed by atoms with Gasteiger partial charge in [0.25, 0.3) is 5.91 Å². The molecule has 0 radical (unpaired) electrons. The van der Waals surface area contributed by atoms with E-state index in [2.05, 4.69) is 32.9 Å². The Labute approximate surface area is 465 Å². The topological polar surface area (TPSA) is 180 Å². The van der Waals surface area contributed by atoms with Gasteiger partial charge < -0.3 is 34.0 Å². The number of phenolic OH excluding ortho intramolecular Hbond substituents is 1. The van der Waals surface area contributed by atoms with Gasteiger partial charge in [-0.15, -0.1) is 6.42 Å². The zero-order chi connectivity index (χ0) is 56.3. The third-order valence-electron chi connectivity index (χ3n) is 17.4. The third kappa shape index (κ3) is 10.7. The number of nitrogens with zero attached hydrogens (tertiary/aromatic N) is 7. The number of halogens is 2. The SMILES string of the molecule is C#Cc1c(F)ccc2cc(O)cc(-c3nc4c5c(nc(OCC67CCCN6CCC7)nc5c3F)N3CCCOCC3CC4)c12.CC.CCCC(C(=O)NC=O)N1Cc2cc(C#CC3CC4(CCN(C(=O)OC)CC4)C3)ccc2C1=O. The number of imide groups is 1. The second kappa shape index (κ2) is 23.7. The molecule has 16 nitrogen and oxygen atoms in total. The fourth-order valence-corrected chi connectivity index (χ4v) is 13.4. The van der Waals surface area contributed by atoms with Gasteiger partial charge in [0.1, 0.15) is 41.2 Å². The van der Waals surface area contributed by atoms with Gasteiger partial charge in [-0.25, -0.2) is 18.6 Å². The predicted molar refractivity (Wildman–Crippen MR) is 299 cm³/mol. The minimum Gasteiger partial charge on any atom is -0.508 e. The van der Waals surface area contributed by atoms with E-state index in [1.165, 1.54) is 31.4 Å². The van der Waals surface area contributed by atoms with E-state index in [9.17, 15) is 28.7 Å². The maximum Gasteiger partial charge on any atom is 0.409 e. The molecule has 2 atom stereocenters. The van der Waals surface area contributed by atoms with Crippen LogP contribution >= 0.6 is 0 Å². The molecule has 4 amide bonds. The van der Waals surface area contributed by atoms with Gasteiger partial charge in [0.15, 0.2) is 5.82 Å². The standard InChI is InChI=1S/C34H33F2N5O3.C26H31N3O5.C2H6/c1-2-23-25(35)8-6-20-16-22(42)17-24(27(20)23)30-29(36)31-28-26(37-30)9-7-21-18-43-15-5-14-41(21)32(28)39-33(38-31)44-19-34-10-3-12-40(34)13-4-11-34;1-3-4-22(23(31)27-17-30)29-16-20-13-18(7-8-21(20)24(29)32)5-6-19-14-26(15-19)9-11-28(12-10-26)25(33)34-2;1-2/h1,6,8,16-17,21,42H,3-5,7,9-15,18-19H2;7-8,13,17,19,22H,3-4,9-12,14-16H2,1-2H3,(H,27,30,31);1-2H3. The number of phenols is 1. The van der Waals surface area contributed by atoms with Crippen molar-refractivity contribution < 1.29 is 47.3 Å². The molecule has 420 valence electrons. The number of hydrogen-bond donors (Lipinski definition) is 2. The number of pyridine rings is 1. The summed E-state index contributed by atoms with van der Waals surface area (Å²) in [5.41, 5.74) is 3.45. The van der Waals surface area contributed by atoms with E-state index >= 15 is 4.39 Å². The summed E-state index contributed by atoms with van der Waals surface area (Å²) in [5, 5.41) is 14.2. The molecule has 1 aliphatic carbocycles. The average molecular weight is 1090 g/mol. The van der Waals surface area contributed by atoms with Crippen LogP contribution in [0.1, 0.15) is 131 Å². The number of terminal acetylenes is 1. The first-order chi connectivity index (χ1) is 38.8. The first kappa shape index (κ1) is 55.9. The molecule has 8 heterocycles. The third-order valence-corrected chi connectivity index (χ3v) is 17.4. The van der Waals surface area contributed by atoms with E-state index in [0.29, 0.717) is 96.7 Å². The maximum absolute atomic E-state index is 17.0. The number of piperidine rings is 1. The number of rotatable bonds is 9. The molecule has 5 aromatic rings. The number of hydrogen-bond acceptors (Lipinski definition) is 13. The number of carbonyl (C=O) groups excluding carboxylic acids is 4. The van der Waals surface area contributed by atoms with Crippen molar-refractivity contribution in [2.75, 3.05) is 64.6 Å². The Morgan fingerprint density at radius 3 is 2.48 bits per heavy atom. The summed E-state index contributed by atoms with van der Waals surface area (Å²) in [5.74, 6) is 7.98. The van der Waals surface area contributed by atoms with Crippen molar-refractivity contribution in [2.24, 2.45) is 11.3 Å². The molecule has 6 aliphatic heterocycles. The highest BCUT2D eigenvalue weighted by molar-refractivity contribution is 6.04. The quantitative estimate of drug-likeness (QED) is 0.106. The monoisotopic (exact) mass is 1090 g/mol. The smallest absolute Gasteiger partial charge is 0.409 e. The fraction of sp³-hybridized carbons (Fsp3) is 0.500. The Bertz CT molecular complexity index is 3310. The molecule has 2 aromatic heterocycles. The van der Waals surface area contributed by atoms with Crippen LogP contribution < -0.4 is 15.0 Å². The first-order valence-electron chi connectivity index (χ1n) is 28.4. The summed E-state index contributed by atoms with van der Waals surface area (Å²) in [4.78, 5) is 70.1. The van der Waals surface area contributed by atoms with E-state index in [-0.39, 0.29) is 57.7 Å². The van der Waals surface area contributed by atoms with Crippen LogP contribution in [0.4, 0.5) is 19.4 Å². The van der Waals surface area contributed by atoms with Crippen LogP contribution in [0.3, 0.4) is 0 Å². The summed E-state index contributed by atoms with van der Waals surface area (Å²) in [6.45, 7) is 12.2. The lowest BCUT2D eigenvalue weighted by Gasteiger charge is -2.50. The van der Waals surface area contributed by atoms with Gasteiger partial charge in [-0.05, 0) is 143 Å². The maximum atomic E-state index is 17.0. The van der Waals surface area contributed by atoms with Gasteiger partial charge in [0.2, 0.25) is 12.3 Å². The summed E-state index contributed by atoms with van der Waals surface area (Å²) in [7, 11) is 1.42. The van der Waals surface area contributed by atoms with Crippen LogP contribution in [-0.4, -0.2) is 136 Å². The Hall–Kier alpha value is -7.41. The van der Waals surface area contributed by atoms with Gasteiger partial charge in [-0.2, -0.15) is 9.97 Å². The minimum absolute atomic E-state index is 0.0143. The highest BCUT2D eigenvalue weighted by atomic mass is 19.1. The molecule has 5 fully saturated rings. The van der Waals surface area contributed by atoms with Crippen molar-refractivity contribution >= 4 is 51.8 Å². The van der Waals surface area contributed by atoms with Crippen molar-refractivity contribution in [2.45, 2.75) is 128 Å². The second-order valence-electron chi connectivity index (χ2n) is 22.0. The van der Waals surface area contributed by atoms with Crippen LogP contribution in [0.2, 0.25) is 0 Å². The predicted octanol–water partition coefficient (Wildman–Crippen LogP) is 9.08. The van der Waals surface area contributed by atoms with Gasteiger partial charge >= 0.3 is 12.1 Å². The van der Waals surface area contributed by atoms with E-state index in [1.807, 2.05) is 32.9 Å². The average Bonchev–Trinajstić information content (AvgIpc) is 4.06. The van der Waals surface area contributed by atoms with Crippen LogP contribution in [0, 0.1) is 47.2 Å². The van der Waals surface area contributed by atoms with Crippen LogP contribution in [0.5, 0.6) is 11.8 Å². The lowest BCUT2D eigenvalue weighted by Crippen LogP contribution is -2.48. The number of likely N-dealkylation sites (tertiary alicyclic amines) is 1. The number of methoxy groups -OCH3 is 1. The number of fused-ring (bicyclic) bond motifs is 5. The first-order valence-corrected chi connectivity index (χ1v) is 28.4. The van der Waals surface area contributed by atoms with Gasteiger partial charge in [-0.3, -0.25) is 24.6 Å². The molecule has 4 saturated heterocycles. The molecule has 0 bridgehead atoms. The zero-order valence-corrected chi connectivity index (χ0v) is 46.2. The van der Waals surface area contributed by atoms with Crippen molar-refractivity contribution in [1.29, 1.82) is 0 Å². The summed E-state index contributed by atoms with van der Waals surface area (Å²) in [6.07, 6.45) is 17.6. The number of benzene rings is 3. The number of aromatic nitrogens is 3. The van der Waals surface area contributed by atoms with Gasteiger partial charge in [0.05, 0.1) is 41.9 Å². The summed E-state index contributed by atoms with van der Waals surface area (Å²) >= 11 is 0. The van der Waals surface area contributed by atoms with Crippen molar-refractivity contribution in [3.8, 4) is 47.2 Å². The molecule has 1 spiro atoms. The van der Waals surface area contributed by atoms with Gasteiger partial charge in [-0.1, -0.05) is 51.0 Å². The normalized spacial score (nSPS) is 20.0. The van der Waals surface area contributed by atoms with E-state index in [1.54, 1.807) is 15.9 Å². The molecule has 2 N–H and O–H groups in total. The molecule has 18 heteroatoms. The second-order valence-corrected chi connectivity index (χ2v) is 22.0. The molecule has 3 aromatic carbocycles. The van der Waals surface area contributed by atoms with E-state index in [4.69, 9.17) is 35.6 Å². The Balaban J connectivity index is 0.000000181. The Morgan fingerprint density at radius 1 is 0.975 bits per heavy atom. The molecular weight excluding hydrogens is 1020 g/mol. The number of anilines is 1. The number of amides is 4. The van der Waals surface area contributed by atoms with Crippen LogP contribution in [0.15, 0.2) is 42.5 Å². The van der Waals surface area contributed by atoms with Crippen LogP contribution in [0.25, 0.3) is 32.9 Å². The highest BCUT2D eigenvalue weighted by Crippen LogP contribution is 2.52. The number of carbonyl (C=O) groups is 4. The molecule has 7 aliphatic rings. The van der Waals surface area contributed by atoms with E-state index < -0.39 is 23.6 Å². The fourth-order valence-electron chi connectivity index (χ4n) is 13.4. The van der Waals surface area contributed by atoms with Gasteiger partial charge in [0, 0.05) is 60.8 Å². The largest absolute Gasteiger partial charge is 0.508 e.